The van der Waals surface area contributed by atoms with E-state index in [4.69, 9.17) is 38.0 Å². The standard InChI is InChI=1S/C20H24ClN3O3S/c1-25-15-5-6-17(19(13-15)27-3)23-8-10-24(11-9-23)20(28)22-16-12-14(21)4-7-18(16)26-2/h4-7,12-13H,8-11H2,1-3H3,(H,22,28). The van der Waals surface area contributed by atoms with E-state index < -0.39 is 0 Å². The Morgan fingerprint density at radius 2 is 1.64 bits per heavy atom. The van der Waals surface area contributed by atoms with E-state index in [9.17, 15) is 0 Å². The molecular formula is C20H24ClN3O3S. The molecule has 0 saturated carbocycles. The number of thiocarbonyl (C=S) groups is 1. The smallest absolute Gasteiger partial charge is 0.173 e. The Hall–Kier alpha value is -2.38. The Bertz CT molecular complexity index is 841. The number of benzene rings is 2. The normalized spacial score (nSPS) is 13.9. The van der Waals surface area contributed by atoms with Gasteiger partial charge in [0.25, 0.3) is 0 Å². The molecule has 0 spiro atoms. The van der Waals surface area contributed by atoms with Gasteiger partial charge >= 0.3 is 0 Å². The SMILES string of the molecule is COc1ccc(N2CCN(C(=S)Nc3cc(Cl)ccc3OC)CC2)c(OC)c1. The third-order valence-electron chi connectivity index (χ3n) is 4.70. The van der Waals surface area contributed by atoms with Crippen LogP contribution >= 0.6 is 23.8 Å². The van der Waals surface area contributed by atoms with Crippen LogP contribution in [-0.4, -0.2) is 57.5 Å². The first-order valence-corrected chi connectivity index (χ1v) is 9.70. The van der Waals surface area contributed by atoms with E-state index in [-0.39, 0.29) is 0 Å². The number of nitrogens with one attached hydrogen (secondary N) is 1. The quantitative estimate of drug-likeness (QED) is 0.735. The van der Waals surface area contributed by atoms with E-state index in [0.717, 1.165) is 49.1 Å². The maximum absolute atomic E-state index is 6.10. The maximum atomic E-state index is 6.10. The van der Waals surface area contributed by atoms with Gasteiger partial charge in [-0.15, -0.1) is 0 Å². The summed E-state index contributed by atoms with van der Waals surface area (Å²) < 4.78 is 16.2. The predicted molar refractivity (Wildman–Crippen MR) is 118 cm³/mol. The second kappa shape index (κ2) is 9.21. The number of halogens is 1. The summed E-state index contributed by atoms with van der Waals surface area (Å²) in [6.07, 6.45) is 0. The molecule has 8 heteroatoms. The van der Waals surface area contributed by atoms with Crippen LogP contribution in [0.2, 0.25) is 5.02 Å². The average Bonchev–Trinajstić information content (AvgIpc) is 2.73. The monoisotopic (exact) mass is 421 g/mol. The van der Waals surface area contributed by atoms with Gasteiger partial charge in [-0.05, 0) is 42.5 Å². The zero-order chi connectivity index (χ0) is 20.1. The molecule has 1 aliphatic heterocycles. The van der Waals surface area contributed by atoms with Crippen molar-refractivity contribution >= 4 is 40.3 Å². The van der Waals surface area contributed by atoms with Gasteiger partial charge in [-0.3, -0.25) is 0 Å². The number of nitrogens with zero attached hydrogens (tertiary/aromatic N) is 2. The van der Waals surface area contributed by atoms with Crippen LogP contribution in [0.3, 0.4) is 0 Å². The summed E-state index contributed by atoms with van der Waals surface area (Å²) in [7, 11) is 4.94. The minimum absolute atomic E-state index is 0.627. The predicted octanol–water partition coefficient (Wildman–Crippen LogP) is 3.88. The lowest BCUT2D eigenvalue weighted by Gasteiger charge is -2.38. The molecule has 6 nitrogen and oxygen atoms in total. The number of hydrogen-bond donors (Lipinski definition) is 1. The van der Waals surface area contributed by atoms with Crippen LogP contribution in [0.25, 0.3) is 0 Å². The molecule has 1 heterocycles. The summed E-state index contributed by atoms with van der Waals surface area (Å²) in [5.41, 5.74) is 1.82. The van der Waals surface area contributed by atoms with Crippen molar-refractivity contribution in [3.8, 4) is 17.2 Å². The highest BCUT2D eigenvalue weighted by Crippen LogP contribution is 2.33. The Morgan fingerprint density at radius 3 is 2.29 bits per heavy atom. The first kappa shape index (κ1) is 20.4. The largest absolute Gasteiger partial charge is 0.497 e. The fourth-order valence-corrected chi connectivity index (χ4v) is 3.63. The molecule has 150 valence electrons. The Labute approximate surface area is 175 Å². The van der Waals surface area contributed by atoms with Crippen molar-refractivity contribution in [3.05, 3.63) is 41.4 Å². The lowest BCUT2D eigenvalue weighted by atomic mass is 10.2. The highest BCUT2D eigenvalue weighted by Gasteiger charge is 2.22. The van der Waals surface area contributed by atoms with Gasteiger partial charge in [-0.25, -0.2) is 0 Å². The fraction of sp³-hybridized carbons (Fsp3) is 0.350. The third kappa shape index (κ3) is 4.54. The molecule has 0 unspecified atom stereocenters. The van der Waals surface area contributed by atoms with E-state index >= 15 is 0 Å². The first-order chi connectivity index (χ1) is 13.5. The zero-order valence-corrected chi connectivity index (χ0v) is 17.8. The second-order valence-corrected chi connectivity index (χ2v) is 7.11. The summed E-state index contributed by atoms with van der Waals surface area (Å²) in [4.78, 5) is 4.43. The van der Waals surface area contributed by atoms with Crippen molar-refractivity contribution in [2.75, 3.05) is 57.7 Å². The molecular weight excluding hydrogens is 398 g/mol. The topological polar surface area (TPSA) is 46.2 Å². The summed E-state index contributed by atoms with van der Waals surface area (Å²) >= 11 is 11.7. The van der Waals surface area contributed by atoms with Gasteiger partial charge in [0.2, 0.25) is 0 Å². The minimum Gasteiger partial charge on any atom is -0.497 e. The third-order valence-corrected chi connectivity index (χ3v) is 5.29. The lowest BCUT2D eigenvalue weighted by molar-refractivity contribution is 0.377. The van der Waals surface area contributed by atoms with Crippen molar-refractivity contribution in [2.45, 2.75) is 0 Å². The van der Waals surface area contributed by atoms with Gasteiger partial charge in [-0.1, -0.05) is 11.6 Å². The zero-order valence-electron chi connectivity index (χ0n) is 16.2. The van der Waals surface area contributed by atoms with Gasteiger partial charge in [0, 0.05) is 37.3 Å². The van der Waals surface area contributed by atoms with Crippen LogP contribution in [0.4, 0.5) is 11.4 Å². The summed E-state index contributed by atoms with van der Waals surface area (Å²) in [6, 6.07) is 11.3. The first-order valence-electron chi connectivity index (χ1n) is 8.92. The molecule has 0 amide bonds. The van der Waals surface area contributed by atoms with Crippen LogP contribution in [0.15, 0.2) is 36.4 Å². The van der Waals surface area contributed by atoms with Crippen LogP contribution in [-0.2, 0) is 0 Å². The summed E-state index contributed by atoms with van der Waals surface area (Å²) in [5, 5.41) is 4.53. The summed E-state index contributed by atoms with van der Waals surface area (Å²) in [6.45, 7) is 3.25. The Balaban J connectivity index is 1.64. The Kier molecular flexibility index (Phi) is 6.70. The molecule has 0 radical (unpaired) electrons. The van der Waals surface area contributed by atoms with E-state index in [1.165, 1.54) is 0 Å². The number of rotatable bonds is 5. The molecule has 28 heavy (non-hydrogen) atoms. The van der Waals surface area contributed by atoms with Crippen molar-refractivity contribution in [3.63, 3.8) is 0 Å². The van der Waals surface area contributed by atoms with Crippen LogP contribution in [0.5, 0.6) is 17.2 Å². The minimum atomic E-state index is 0.627. The van der Waals surface area contributed by atoms with E-state index in [1.807, 2.05) is 30.3 Å². The highest BCUT2D eigenvalue weighted by molar-refractivity contribution is 7.80. The molecule has 1 aliphatic rings. The van der Waals surface area contributed by atoms with E-state index in [1.54, 1.807) is 27.4 Å². The molecule has 0 aromatic heterocycles. The molecule has 1 N–H and O–H groups in total. The molecule has 0 bridgehead atoms. The molecule has 2 aromatic carbocycles. The molecule has 1 fully saturated rings. The fourth-order valence-electron chi connectivity index (χ4n) is 3.17. The molecule has 0 atom stereocenters. The molecule has 3 rings (SSSR count). The molecule has 0 aliphatic carbocycles. The number of piperazine rings is 1. The lowest BCUT2D eigenvalue weighted by Crippen LogP contribution is -2.50. The highest BCUT2D eigenvalue weighted by atomic mass is 35.5. The van der Waals surface area contributed by atoms with Gasteiger partial charge in [0.15, 0.2) is 5.11 Å². The average molecular weight is 422 g/mol. The van der Waals surface area contributed by atoms with Crippen LogP contribution < -0.4 is 24.4 Å². The van der Waals surface area contributed by atoms with Gasteiger partial charge in [-0.2, -0.15) is 0 Å². The number of anilines is 2. The number of hydrogen-bond acceptors (Lipinski definition) is 5. The van der Waals surface area contributed by atoms with E-state index in [2.05, 4.69) is 15.1 Å². The van der Waals surface area contributed by atoms with Crippen molar-refractivity contribution < 1.29 is 14.2 Å². The Morgan fingerprint density at radius 1 is 0.929 bits per heavy atom. The van der Waals surface area contributed by atoms with Crippen LogP contribution in [0, 0.1) is 0 Å². The van der Waals surface area contributed by atoms with Gasteiger partial charge < -0.3 is 29.3 Å². The number of ether oxygens (including phenoxy) is 3. The second-order valence-electron chi connectivity index (χ2n) is 6.29. The van der Waals surface area contributed by atoms with Crippen molar-refractivity contribution in [1.29, 1.82) is 0 Å². The van der Waals surface area contributed by atoms with Crippen molar-refractivity contribution in [2.24, 2.45) is 0 Å². The van der Waals surface area contributed by atoms with Crippen LogP contribution in [0.1, 0.15) is 0 Å². The maximum Gasteiger partial charge on any atom is 0.173 e. The van der Waals surface area contributed by atoms with Gasteiger partial charge in [0.1, 0.15) is 17.2 Å². The molecule has 2 aromatic rings. The van der Waals surface area contributed by atoms with E-state index in [0.29, 0.717) is 15.9 Å². The van der Waals surface area contributed by atoms with Gasteiger partial charge in [0.05, 0.1) is 32.7 Å². The summed E-state index contributed by atoms with van der Waals surface area (Å²) in [5.74, 6) is 2.28. The molecule has 1 saturated heterocycles. The van der Waals surface area contributed by atoms with Crippen molar-refractivity contribution in [1.82, 2.24) is 4.90 Å². The number of methoxy groups -OCH3 is 3.